The highest BCUT2D eigenvalue weighted by molar-refractivity contribution is 5.77. The summed E-state index contributed by atoms with van der Waals surface area (Å²) >= 11 is 0. The first-order valence-electron chi connectivity index (χ1n) is 5.74. The van der Waals surface area contributed by atoms with Crippen molar-refractivity contribution in [2.45, 2.75) is 19.4 Å². The first-order valence-corrected chi connectivity index (χ1v) is 5.74. The first kappa shape index (κ1) is 13.6. The summed E-state index contributed by atoms with van der Waals surface area (Å²) in [6.45, 7) is 2.18. The van der Waals surface area contributed by atoms with Crippen molar-refractivity contribution in [3.8, 4) is 0 Å². The predicted octanol–water partition coefficient (Wildman–Crippen LogP) is 1.95. The Morgan fingerprint density at radius 2 is 2.06 bits per heavy atom. The van der Waals surface area contributed by atoms with Crippen LogP contribution in [0.2, 0.25) is 0 Å². The van der Waals surface area contributed by atoms with Gasteiger partial charge in [-0.2, -0.15) is 0 Å². The standard InChI is InChI=1S/C13H19FN2O/c1-4-12(15-9-13(17)16(2)3)10-7-5-6-8-11(10)14/h5-8,12,15H,4,9H2,1-3H3. The van der Waals surface area contributed by atoms with Gasteiger partial charge in [-0.05, 0) is 12.5 Å². The van der Waals surface area contributed by atoms with Crippen LogP contribution in [0.1, 0.15) is 24.9 Å². The summed E-state index contributed by atoms with van der Waals surface area (Å²) in [5, 5.41) is 3.08. The second-order valence-corrected chi connectivity index (χ2v) is 4.15. The van der Waals surface area contributed by atoms with Crippen LogP contribution in [0.3, 0.4) is 0 Å². The van der Waals surface area contributed by atoms with Crippen LogP contribution in [0.15, 0.2) is 24.3 Å². The lowest BCUT2D eigenvalue weighted by atomic mass is 10.0. The second kappa shape index (κ2) is 6.35. The Morgan fingerprint density at radius 1 is 1.41 bits per heavy atom. The van der Waals surface area contributed by atoms with E-state index in [0.717, 1.165) is 6.42 Å². The van der Waals surface area contributed by atoms with Crippen molar-refractivity contribution in [3.05, 3.63) is 35.6 Å². The average molecular weight is 238 g/mol. The Labute approximate surface area is 102 Å². The normalized spacial score (nSPS) is 12.2. The van der Waals surface area contributed by atoms with E-state index in [2.05, 4.69) is 5.32 Å². The molecule has 0 bridgehead atoms. The van der Waals surface area contributed by atoms with Crippen molar-refractivity contribution >= 4 is 5.91 Å². The smallest absolute Gasteiger partial charge is 0.236 e. The number of rotatable bonds is 5. The summed E-state index contributed by atoms with van der Waals surface area (Å²) in [5.41, 5.74) is 0.613. The summed E-state index contributed by atoms with van der Waals surface area (Å²) in [7, 11) is 3.40. The van der Waals surface area contributed by atoms with Crippen LogP contribution in [-0.2, 0) is 4.79 Å². The van der Waals surface area contributed by atoms with E-state index < -0.39 is 0 Å². The molecule has 0 heterocycles. The van der Waals surface area contributed by atoms with Crippen LogP contribution in [0.5, 0.6) is 0 Å². The molecule has 1 aromatic carbocycles. The van der Waals surface area contributed by atoms with Crippen molar-refractivity contribution in [3.63, 3.8) is 0 Å². The molecule has 1 aromatic rings. The van der Waals surface area contributed by atoms with Crippen LogP contribution >= 0.6 is 0 Å². The highest BCUT2D eigenvalue weighted by Gasteiger charge is 2.14. The summed E-state index contributed by atoms with van der Waals surface area (Å²) < 4.78 is 13.6. The van der Waals surface area contributed by atoms with E-state index in [4.69, 9.17) is 0 Å². The van der Waals surface area contributed by atoms with Gasteiger partial charge in [-0.3, -0.25) is 4.79 Å². The quantitative estimate of drug-likeness (QED) is 0.850. The van der Waals surface area contributed by atoms with Crippen molar-refractivity contribution in [1.29, 1.82) is 0 Å². The molecule has 0 aliphatic carbocycles. The van der Waals surface area contributed by atoms with Crippen LogP contribution < -0.4 is 5.32 Å². The third-order valence-electron chi connectivity index (χ3n) is 2.69. The van der Waals surface area contributed by atoms with Crippen LogP contribution in [0, 0.1) is 5.82 Å². The van der Waals surface area contributed by atoms with Crippen LogP contribution in [-0.4, -0.2) is 31.4 Å². The third-order valence-corrected chi connectivity index (χ3v) is 2.69. The van der Waals surface area contributed by atoms with Gasteiger partial charge in [0.15, 0.2) is 0 Å². The molecular formula is C13H19FN2O. The monoisotopic (exact) mass is 238 g/mol. The molecule has 0 fully saturated rings. The molecule has 0 aliphatic heterocycles. The number of nitrogens with one attached hydrogen (secondary N) is 1. The number of nitrogens with zero attached hydrogens (tertiary/aromatic N) is 1. The topological polar surface area (TPSA) is 32.3 Å². The molecule has 94 valence electrons. The molecule has 0 spiro atoms. The Hall–Kier alpha value is -1.42. The Balaban J connectivity index is 2.67. The number of carbonyl (C=O) groups is 1. The molecule has 4 heteroatoms. The lowest BCUT2D eigenvalue weighted by Crippen LogP contribution is -2.35. The minimum Gasteiger partial charge on any atom is -0.348 e. The molecule has 1 amide bonds. The molecule has 0 radical (unpaired) electrons. The zero-order valence-corrected chi connectivity index (χ0v) is 10.5. The lowest BCUT2D eigenvalue weighted by molar-refractivity contribution is -0.127. The largest absolute Gasteiger partial charge is 0.348 e. The van der Waals surface area contributed by atoms with E-state index >= 15 is 0 Å². The molecule has 0 aliphatic rings. The molecule has 0 aromatic heterocycles. The van der Waals surface area contributed by atoms with Gasteiger partial charge in [0.25, 0.3) is 0 Å². The van der Waals surface area contributed by atoms with Gasteiger partial charge >= 0.3 is 0 Å². The molecule has 1 atom stereocenters. The number of benzene rings is 1. The molecule has 3 nitrogen and oxygen atoms in total. The summed E-state index contributed by atoms with van der Waals surface area (Å²) in [6.07, 6.45) is 0.738. The van der Waals surface area contributed by atoms with E-state index in [1.54, 1.807) is 32.3 Å². The minimum absolute atomic E-state index is 0.0141. The molecule has 17 heavy (non-hydrogen) atoms. The van der Waals surface area contributed by atoms with E-state index in [-0.39, 0.29) is 24.3 Å². The summed E-state index contributed by atoms with van der Waals surface area (Å²) in [5.74, 6) is -0.246. The number of amides is 1. The lowest BCUT2D eigenvalue weighted by Gasteiger charge is -2.19. The first-order chi connectivity index (χ1) is 8.06. The average Bonchev–Trinajstić information content (AvgIpc) is 2.31. The maximum atomic E-state index is 13.6. The van der Waals surface area contributed by atoms with E-state index in [1.807, 2.05) is 6.92 Å². The van der Waals surface area contributed by atoms with Gasteiger partial charge in [-0.1, -0.05) is 25.1 Å². The number of carbonyl (C=O) groups excluding carboxylic acids is 1. The number of hydrogen-bond donors (Lipinski definition) is 1. The summed E-state index contributed by atoms with van der Waals surface area (Å²) in [4.78, 5) is 13.0. The zero-order valence-electron chi connectivity index (χ0n) is 10.5. The zero-order chi connectivity index (χ0) is 12.8. The maximum absolute atomic E-state index is 13.6. The molecule has 1 N–H and O–H groups in total. The number of likely N-dealkylation sites (N-methyl/N-ethyl adjacent to an activating group) is 1. The van der Waals surface area contributed by atoms with Crippen LogP contribution in [0.4, 0.5) is 4.39 Å². The van der Waals surface area contributed by atoms with Crippen molar-refractivity contribution in [2.24, 2.45) is 0 Å². The number of hydrogen-bond acceptors (Lipinski definition) is 2. The third kappa shape index (κ3) is 3.82. The molecule has 0 saturated heterocycles. The Morgan fingerprint density at radius 3 is 2.59 bits per heavy atom. The van der Waals surface area contributed by atoms with Crippen molar-refractivity contribution in [2.75, 3.05) is 20.6 Å². The fourth-order valence-corrected chi connectivity index (χ4v) is 1.60. The SMILES string of the molecule is CCC(NCC(=O)N(C)C)c1ccccc1F. The Kier molecular flexibility index (Phi) is 5.10. The minimum atomic E-state index is -0.232. The van der Waals surface area contributed by atoms with Gasteiger partial charge in [-0.15, -0.1) is 0 Å². The molecular weight excluding hydrogens is 219 g/mol. The maximum Gasteiger partial charge on any atom is 0.236 e. The van der Waals surface area contributed by atoms with Crippen molar-refractivity contribution in [1.82, 2.24) is 10.2 Å². The van der Waals surface area contributed by atoms with Gasteiger partial charge in [0.1, 0.15) is 5.82 Å². The predicted molar refractivity (Wildman–Crippen MR) is 66.1 cm³/mol. The van der Waals surface area contributed by atoms with E-state index in [9.17, 15) is 9.18 Å². The molecule has 1 rings (SSSR count). The van der Waals surface area contributed by atoms with Gasteiger partial charge < -0.3 is 10.2 Å². The highest BCUT2D eigenvalue weighted by Crippen LogP contribution is 2.19. The van der Waals surface area contributed by atoms with Gasteiger partial charge in [0.2, 0.25) is 5.91 Å². The van der Waals surface area contributed by atoms with Crippen LogP contribution in [0.25, 0.3) is 0 Å². The van der Waals surface area contributed by atoms with E-state index in [0.29, 0.717) is 5.56 Å². The van der Waals surface area contributed by atoms with E-state index in [1.165, 1.54) is 11.0 Å². The second-order valence-electron chi connectivity index (χ2n) is 4.15. The highest BCUT2D eigenvalue weighted by atomic mass is 19.1. The fourth-order valence-electron chi connectivity index (χ4n) is 1.60. The van der Waals surface area contributed by atoms with Gasteiger partial charge in [0.05, 0.1) is 6.54 Å². The fraction of sp³-hybridized carbons (Fsp3) is 0.462. The van der Waals surface area contributed by atoms with Gasteiger partial charge in [0, 0.05) is 25.7 Å². The van der Waals surface area contributed by atoms with Crippen molar-refractivity contribution < 1.29 is 9.18 Å². The number of halogens is 1. The molecule has 0 saturated carbocycles. The molecule has 1 unspecified atom stereocenters. The van der Waals surface area contributed by atoms with Gasteiger partial charge in [-0.25, -0.2) is 4.39 Å². The summed E-state index contributed by atoms with van der Waals surface area (Å²) in [6, 6.07) is 6.53. The Bertz CT molecular complexity index is 379.